The quantitative estimate of drug-likeness (QED) is 0.556. The second-order valence-corrected chi connectivity index (χ2v) is 8.72. The van der Waals surface area contributed by atoms with Gasteiger partial charge in [-0.1, -0.05) is 39.5 Å². The molecule has 0 saturated heterocycles. The molecular formula is C18H26S3. The summed E-state index contributed by atoms with van der Waals surface area (Å²) >= 11 is 6.08. The van der Waals surface area contributed by atoms with Crippen LogP contribution in [0, 0.1) is 13.8 Å². The van der Waals surface area contributed by atoms with Crippen LogP contribution in [-0.2, 0) is 25.7 Å². The van der Waals surface area contributed by atoms with E-state index < -0.39 is 0 Å². The van der Waals surface area contributed by atoms with E-state index in [1.807, 2.05) is 34.4 Å². The van der Waals surface area contributed by atoms with Gasteiger partial charge in [0, 0.05) is 29.3 Å². The lowest BCUT2D eigenvalue weighted by Gasteiger charge is -2.07. The van der Waals surface area contributed by atoms with E-state index in [1.54, 1.807) is 19.5 Å². The zero-order valence-corrected chi connectivity index (χ0v) is 16.5. The van der Waals surface area contributed by atoms with Crippen LogP contribution < -0.4 is 0 Å². The van der Waals surface area contributed by atoms with Gasteiger partial charge in [0.15, 0.2) is 0 Å². The van der Waals surface area contributed by atoms with Crippen LogP contribution in [0.1, 0.15) is 58.3 Å². The van der Waals surface area contributed by atoms with Gasteiger partial charge < -0.3 is 0 Å². The molecule has 0 atom stereocenters. The van der Waals surface area contributed by atoms with Gasteiger partial charge >= 0.3 is 0 Å². The Bertz CT molecular complexity index is 563. The molecule has 0 aliphatic carbocycles. The highest BCUT2D eigenvalue weighted by atomic mass is 32.2. The largest absolute Gasteiger partial charge is 0.144 e. The molecule has 2 heterocycles. The summed E-state index contributed by atoms with van der Waals surface area (Å²) in [5, 5.41) is 0. The summed E-state index contributed by atoms with van der Waals surface area (Å²) < 4.78 is 0. The highest BCUT2D eigenvalue weighted by molar-refractivity contribution is 7.99. The van der Waals surface area contributed by atoms with E-state index >= 15 is 0 Å². The molecule has 2 rings (SSSR count). The topological polar surface area (TPSA) is 0 Å². The maximum atomic E-state index is 2.31. The first kappa shape index (κ1) is 17.1. The van der Waals surface area contributed by atoms with Gasteiger partial charge in [-0.05, 0) is 50.7 Å². The van der Waals surface area contributed by atoms with E-state index in [-0.39, 0.29) is 0 Å². The van der Waals surface area contributed by atoms with Crippen molar-refractivity contribution in [2.24, 2.45) is 0 Å². The molecule has 0 amide bonds. The molecule has 3 heteroatoms. The maximum absolute atomic E-state index is 2.31. The number of hydrogen-bond acceptors (Lipinski definition) is 3. The third-order valence-corrected chi connectivity index (χ3v) is 8.94. The summed E-state index contributed by atoms with van der Waals surface area (Å²) in [6.07, 6.45) is 4.62. The minimum atomic E-state index is 1.15. The summed E-state index contributed by atoms with van der Waals surface area (Å²) in [6, 6.07) is 0. The second kappa shape index (κ2) is 7.34. The summed E-state index contributed by atoms with van der Waals surface area (Å²) in [5.74, 6) is 0. The molecule has 0 unspecified atom stereocenters. The minimum Gasteiger partial charge on any atom is -0.144 e. The first-order valence-electron chi connectivity index (χ1n) is 7.97. The van der Waals surface area contributed by atoms with E-state index in [1.165, 1.54) is 20.9 Å². The van der Waals surface area contributed by atoms with Crippen molar-refractivity contribution >= 4 is 34.4 Å². The minimum absolute atomic E-state index is 1.15. The smallest absolute Gasteiger partial charge is 0.0294 e. The van der Waals surface area contributed by atoms with E-state index in [4.69, 9.17) is 0 Å². The molecule has 0 aliphatic heterocycles. The van der Waals surface area contributed by atoms with Crippen LogP contribution in [0.2, 0.25) is 0 Å². The van der Waals surface area contributed by atoms with Crippen molar-refractivity contribution in [2.45, 2.75) is 77.0 Å². The zero-order valence-electron chi connectivity index (χ0n) is 14.1. The van der Waals surface area contributed by atoms with Crippen LogP contribution in [-0.4, -0.2) is 0 Å². The maximum Gasteiger partial charge on any atom is 0.0294 e. The number of hydrogen-bond donors (Lipinski definition) is 0. The summed E-state index contributed by atoms with van der Waals surface area (Å²) in [5.41, 5.74) is 3.05. The molecule has 0 bridgehead atoms. The van der Waals surface area contributed by atoms with Crippen molar-refractivity contribution in [3.8, 4) is 0 Å². The first-order valence-corrected chi connectivity index (χ1v) is 10.4. The van der Waals surface area contributed by atoms with Gasteiger partial charge in [-0.25, -0.2) is 0 Å². The molecule has 2 aromatic heterocycles. The Kier molecular flexibility index (Phi) is 5.98. The lowest BCUT2D eigenvalue weighted by molar-refractivity contribution is 1.08. The van der Waals surface area contributed by atoms with Crippen molar-refractivity contribution in [3.05, 3.63) is 30.6 Å². The Morgan fingerprint density at radius 2 is 0.952 bits per heavy atom. The fourth-order valence-electron chi connectivity index (χ4n) is 2.72. The van der Waals surface area contributed by atoms with E-state index in [9.17, 15) is 0 Å². The SMILES string of the molecule is CCc1sc(CC)c(Sc2c(CC)sc(CC)c2C)c1C. The molecule has 0 aromatic carbocycles. The monoisotopic (exact) mass is 338 g/mol. The number of aryl methyl sites for hydroxylation is 4. The standard InChI is InChI=1S/C18H26S3/c1-7-13-11(5)17(15(9-3)19-13)21-18-12(6)14(8-2)20-16(18)10-4/h7-10H2,1-6H3. The zero-order chi connectivity index (χ0) is 15.6. The normalized spacial score (nSPS) is 11.3. The van der Waals surface area contributed by atoms with Crippen LogP contribution in [0.4, 0.5) is 0 Å². The van der Waals surface area contributed by atoms with Crippen molar-refractivity contribution in [1.82, 2.24) is 0 Å². The highest BCUT2D eigenvalue weighted by Gasteiger charge is 2.19. The second-order valence-electron chi connectivity index (χ2n) is 5.32. The Morgan fingerprint density at radius 1 is 0.619 bits per heavy atom. The fourth-order valence-corrected chi connectivity index (χ4v) is 6.80. The summed E-state index contributed by atoms with van der Waals surface area (Å²) in [6.45, 7) is 13.7. The Hall–Kier alpha value is -0.250. The molecule has 2 aromatic rings. The molecular weight excluding hydrogens is 312 g/mol. The van der Waals surface area contributed by atoms with Crippen molar-refractivity contribution in [1.29, 1.82) is 0 Å². The summed E-state index contributed by atoms with van der Waals surface area (Å²) in [7, 11) is 0. The van der Waals surface area contributed by atoms with E-state index in [2.05, 4.69) is 41.5 Å². The number of thiophene rings is 2. The lowest BCUT2D eigenvalue weighted by atomic mass is 10.2. The van der Waals surface area contributed by atoms with Gasteiger partial charge in [-0.15, -0.1) is 22.7 Å². The number of rotatable bonds is 6. The van der Waals surface area contributed by atoms with Gasteiger partial charge in [-0.3, -0.25) is 0 Å². The van der Waals surface area contributed by atoms with Crippen molar-refractivity contribution in [3.63, 3.8) is 0 Å². The third kappa shape index (κ3) is 3.25. The van der Waals surface area contributed by atoms with Gasteiger partial charge in [0.25, 0.3) is 0 Å². The highest BCUT2D eigenvalue weighted by Crippen LogP contribution is 2.45. The van der Waals surface area contributed by atoms with Gasteiger partial charge in [0.1, 0.15) is 0 Å². The van der Waals surface area contributed by atoms with E-state index in [0.717, 1.165) is 25.7 Å². The van der Waals surface area contributed by atoms with E-state index in [0.29, 0.717) is 0 Å². The molecule has 116 valence electrons. The predicted octanol–water partition coefficient (Wildman–Crippen LogP) is 6.83. The molecule has 0 saturated carbocycles. The first-order chi connectivity index (χ1) is 10.1. The third-order valence-electron chi connectivity index (χ3n) is 4.01. The molecule has 0 aliphatic rings. The molecule has 21 heavy (non-hydrogen) atoms. The average molecular weight is 339 g/mol. The lowest BCUT2D eigenvalue weighted by Crippen LogP contribution is -1.86. The van der Waals surface area contributed by atoms with Crippen molar-refractivity contribution < 1.29 is 0 Å². The average Bonchev–Trinajstić information content (AvgIpc) is 2.98. The van der Waals surface area contributed by atoms with Crippen LogP contribution in [0.15, 0.2) is 9.79 Å². The molecule has 0 radical (unpaired) electrons. The van der Waals surface area contributed by atoms with Crippen LogP contribution in [0.25, 0.3) is 0 Å². The Labute approximate surface area is 142 Å². The van der Waals surface area contributed by atoms with Crippen LogP contribution >= 0.6 is 34.4 Å². The Morgan fingerprint density at radius 3 is 1.24 bits per heavy atom. The van der Waals surface area contributed by atoms with Crippen LogP contribution in [0.3, 0.4) is 0 Å². The van der Waals surface area contributed by atoms with Gasteiger partial charge in [0.2, 0.25) is 0 Å². The Balaban J connectivity index is 2.47. The summed E-state index contributed by atoms with van der Waals surface area (Å²) in [4.78, 5) is 9.35. The molecule has 0 N–H and O–H groups in total. The predicted molar refractivity (Wildman–Crippen MR) is 99.7 cm³/mol. The molecule has 0 fully saturated rings. The van der Waals surface area contributed by atoms with Crippen LogP contribution in [0.5, 0.6) is 0 Å². The van der Waals surface area contributed by atoms with Crippen molar-refractivity contribution in [2.75, 3.05) is 0 Å². The molecule has 0 nitrogen and oxygen atoms in total. The fraction of sp³-hybridized carbons (Fsp3) is 0.556. The molecule has 0 spiro atoms. The van der Waals surface area contributed by atoms with Gasteiger partial charge in [-0.2, -0.15) is 0 Å². The van der Waals surface area contributed by atoms with Gasteiger partial charge in [0.05, 0.1) is 0 Å².